The number of ether oxygens (including phenoxy) is 1. The van der Waals surface area contributed by atoms with Crippen LogP contribution in [0.15, 0.2) is 42.5 Å². The molecule has 2 aliphatic heterocycles. The van der Waals surface area contributed by atoms with Crippen LogP contribution in [0, 0.1) is 5.92 Å². The molecule has 1 amide bonds. The molecule has 116 valence electrons. The lowest BCUT2D eigenvalue weighted by Crippen LogP contribution is -2.54. The van der Waals surface area contributed by atoms with Gasteiger partial charge < -0.3 is 9.64 Å². The van der Waals surface area contributed by atoms with Crippen molar-refractivity contribution < 1.29 is 14.3 Å². The molecule has 4 nitrogen and oxygen atoms in total. The van der Waals surface area contributed by atoms with Crippen LogP contribution in [-0.2, 0) is 9.53 Å². The Balaban J connectivity index is 2.03. The molecule has 0 radical (unpaired) electrons. The van der Waals surface area contributed by atoms with Gasteiger partial charge in [0, 0.05) is 17.5 Å². The molecule has 1 aromatic carbocycles. The molecule has 3 atom stereocenters. The van der Waals surface area contributed by atoms with Crippen LogP contribution in [0.4, 0.5) is 0 Å². The van der Waals surface area contributed by atoms with Crippen LogP contribution >= 0.6 is 0 Å². The zero-order valence-corrected chi connectivity index (χ0v) is 13.0. The average molecular weight is 299 g/mol. The molecule has 22 heavy (non-hydrogen) atoms. The molecule has 0 unspecified atom stereocenters. The Bertz CT molecular complexity index is 610. The molecular weight excluding hydrogens is 278 g/mol. The van der Waals surface area contributed by atoms with E-state index in [0.29, 0.717) is 12.0 Å². The van der Waals surface area contributed by atoms with Crippen LogP contribution in [0.3, 0.4) is 0 Å². The monoisotopic (exact) mass is 299 g/mol. The normalized spacial score (nSPS) is 30.0. The summed E-state index contributed by atoms with van der Waals surface area (Å²) in [4.78, 5) is 27.3. The van der Waals surface area contributed by atoms with Crippen molar-refractivity contribution in [1.82, 2.24) is 4.90 Å². The number of benzene rings is 1. The number of allylic oxidation sites excluding steroid dienone is 1. The molecule has 2 fully saturated rings. The molecule has 2 bridgehead atoms. The third kappa shape index (κ3) is 1.97. The second-order valence-corrected chi connectivity index (χ2v) is 6.02. The highest BCUT2D eigenvalue weighted by Crippen LogP contribution is 2.52. The second kappa shape index (κ2) is 5.59. The minimum Gasteiger partial charge on any atom is -0.467 e. The van der Waals surface area contributed by atoms with Gasteiger partial charge in [0.15, 0.2) is 0 Å². The fraction of sp³-hybridized carbons (Fsp3) is 0.444. The highest BCUT2D eigenvalue weighted by atomic mass is 16.5. The first-order chi connectivity index (χ1) is 10.6. The van der Waals surface area contributed by atoms with Gasteiger partial charge in [-0.1, -0.05) is 30.4 Å². The van der Waals surface area contributed by atoms with Crippen LogP contribution in [0.2, 0.25) is 0 Å². The third-order valence-electron chi connectivity index (χ3n) is 5.00. The van der Waals surface area contributed by atoms with Crippen molar-refractivity contribution in [2.45, 2.75) is 37.8 Å². The molecule has 0 saturated carbocycles. The van der Waals surface area contributed by atoms with Crippen molar-refractivity contribution in [2.75, 3.05) is 7.11 Å². The molecule has 4 heteroatoms. The quantitative estimate of drug-likeness (QED) is 0.637. The first-order valence-corrected chi connectivity index (χ1v) is 7.75. The Morgan fingerprint density at radius 3 is 2.68 bits per heavy atom. The van der Waals surface area contributed by atoms with Crippen molar-refractivity contribution in [1.29, 1.82) is 0 Å². The van der Waals surface area contributed by atoms with Gasteiger partial charge in [-0.25, -0.2) is 4.79 Å². The molecule has 0 spiro atoms. The summed E-state index contributed by atoms with van der Waals surface area (Å²) in [6, 6.07) is 9.30. The van der Waals surface area contributed by atoms with Crippen molar-refractivity contribution in [3.63, 3.8) is 0 Å². The van der Waals surface area contributed by atoms with Gasteiger partial charge in [0.25, 0.3) is 5.91 Å². The zero-order chi connectivity index (χ0) is 15.7. The fourth-order valence-electron chi connectivity index (χ4n) is 4.10. The van der Waals surface area contributed by atoms with E-state index in [0.717, 1.165) is 12.8 Å². The van der Waals surface area contributed by atoms with E-state index in [1.54, 1.807) is 17.0 Å². The Labute approximate surface area is 130 Å². The second-order valence-electron chi connectivity index (χ2n) is 6.02. The minimum absolute atomic E-state index is 0.0383. The van der Waals surface area contributed by atoms with Gasteiger partial charge in [-0.3, -0.25) is 4.79 Å². The molecule has 2 heterocycles. The number of hydrogen-bond acceptors (Lipinski definition) is 3. The van der Waals surface area contributed by atoms with E-state index in [9.17, 15) is 9.59 Å². The molecule has 0 N–H and O–H groups in total. The Morgan fingerprint density at radius 1 is 1.32 bits per heavy atom. The lowest BCUT2D eigenvalue weighted by molar-refractivity contribution is -0.152. The lowest BCUT2D eigenvalue weighted by Gasteiger charge is -2.35. The van der Waals surface area contributed by atoms with E-state index in [1.807, 2.05) is 37.3 Å². The SMILES string of the molecule is C/C=C\[C@@H]1C[C@H]2CC[C@]1(C(=O)OC)N2C(=O)c1ccccc1. The van der Waals surface area contributed by atoms with E-state index < -0.39 is 5.54 Å². The standard InChI is InChI=1S/C18H21NO3/c1-3-7-14-12-15-10-11-18(14,17(21)22-2)19(15)16(20)13-8-5-4-6-9-13/h3-9,14-15H,10-12H2,1-2H3/b7-3-/t14-,15-,18+/m1/s1. The van der Waals surface area contributed by atoms with Crippen molar-refractivity contribution in [3.05, 3.63) is 48.0 Å². The van der Waals surface area contributed by atoms with Gasteiger partial charge in [0.2, 0.25) is 0 Å². The maximum absolute atomic E-state index is 13.0. The van der Waals surface area contributed by atoms with Crippen molar-refractivity contribution >= 4 is 11.9 Å². The number of carbonyl (C=O) groups is 2. The molecule has 0 aliphatic carbocycles. The molecule has 1 aromatic rings. The lowest BCUT2D eigenvalue weighted by atomic mass is 9.77. The number of methoxy groups -OCH3 is 1. The number of amides is 1. The highest BCUT2D eigenvalue weighted by molar-refractivity contribution is 5.99. The van der Waals surface area contributed by atoms with Gasteiger partial charge >= 0.3 is 5.97 Å². The van der Waals surface area contributed by atoms with Crippen LogP contribution in [0.25, 0.3) is 0 Å². The largest absolute Gasteiger partial charge is 0.467 e. The van der Waals surface area contributed by atoms with Crippen LogP contribution < -0.4 is 0 Å². The van der Waals surface area contributed by atoms with E-state index in [2.05, 4.69) is 0 Å². The predicted octanol–water partition coefficient (Wildman–Crippen LogP) is 2.80. The molecule has 0 aromatic heterocycles. The summed E-state index contributed by atoms with van der Waals surface area (Å²) in [5.41, 5.74) is -0.206. The Kier molecular flexibility index (Phi) is 3.77. The Morgan fingerprint density at radius 2 is 2.05 bits per heavy atom. The average Bonchev–Trinajstić information content (AvgIpc) is 3.08. The minimum atomic E-state index is -0.834. The van der Waals surface area contributed by atoms with Gasteiger partial charge in [-0.05, 0) is 38.3 Å². The van der Waals surface area contributed by atoms with Gasteiger partial charge in [0.05, 0.1) is 7.11 Å². The highest BCUT2D eigenvalue weighted by Gasteiger charge is 2.63. The van der Waals surface area contributed by atoms with Crippen LogP contribution in [-0.4, -0.2) is 35.5 Å². The number of fused-ring (bicyclic) bond motifs is 2. The van der Waals surface area contributed by atoms with Gasteiger partial charge in [-0.15, -0.1) is 0 Å². The predicted molar refractivity (Wildman–Crippen MR) is 83.3 cm³/mol. The zero-order valence-electron chi connectivity index (χ0n) is 13.0. The first-order valence-electron chi connectivity index (χ1n) is 7.75. The molecule has 2 saturated heterocycles. The summed E-state index contributed by atoms with van der Waals surface area (Å²) in [5.74, 6) is -0.322. The number of esters is 1. The third-order valence-corrected chi connectivity index (χ3v) is 5.00. The van der Waals surface area contributed by atoms with Crippen molar-refractivity contribution in [3.8, 4) is 0 Å². The summed E-state index contributed by atoms with van der Waals surface area (Å²) in [5, 5.41) is 0. The van der Waals surface area contributed by atoms with Gasteiger partial charge in [0.1, 0.15) is 5.54 Å². The smallest absolute Gasteiger partial charge is 0.332 e. The summed E-state index contributed by atoms with van der Waals surface area (Å²) in [6.07, 6.45) is 6.38. The van der Waals surface area contributed by atoms with Crippen LogP contribution in [0.5, 0.6) is 0 Å². The molecule has 3 rings (SSSR count). The summed E-state index contributed by atoms with van der Waals surface area (Å²) in [7, 11) is 1.40. The van der Waals surface area contributed by atoms with E-state index in [1.165, 1.54) is 7.11 Å². The van der Waals surface area contributed by atoms with E-state index in [4.69, 9.17) is 4.74 Å². The number of carbonyl (C=O) groups excluding carboxylic acids is 2. The summed E-state index contributed by atoms with van der Waals surface area (Å²) < 4.78 is 5.08. The number of rotatable bonds is 3. The summed E-state index contributed by atoms with van der Waals surface area (Å²) >= 11 is 0. The fourth-order valence-corrected chi connectivity index (χ4v) is 4.10. The first kappa shape index (κ1) is 14.8. The molecular formula is C18H21NO3. The topological polar surface area (TPSA) is 46.6 Å². The van der Waals surface area contributed by atoms with E-state index in [-0.39, 0.29) is 23.8 Å². The number of nitrogens with zero attached hydrogens (tertiary/aromatic N) is 1. The maximum atomic E-state index is 13.0. The maximum Gasteiger partial charge on any atom is 0.332 e. The Hall–Kier alpha value is -2.10. The van der Waals surface area contributed by atoms with E-state index >= 15 is 0 Å². The van der Waals surface area contributed by atoms with Crippen LogP contribution in [0.1, 0.15) is 36.5 Å². The summed E-state index contributed by atoms with van der Waals surface area (Å²) in [6.45, 7) is 1.94. The van der Waals surface area contributed by atoms with Gasteiger partial charge in [-0.2, -0.15) is 0 Å². The number of hydrogen-bond donors (Lipinski definition) is 0. The van der Waals surface area contributed by atoms with Crippen molar-refractivity contribution in [2.24, 2.45) is 5.92 Å². The molecule has 2 aliphatic rings.